The second-order valence-electron chi connectivity index (χ2n) is 9.43. The van der Waals surface area contributed by atoms with E-state index < -0.39 is 0 Å². The van der Waals surface area contributed by atoms with Crippen LogP contribution in [0.5, 0.6) is 0 Å². The summed E-state index contributed by atoms with van der Waals surface area (Å²) in [6.07, 6.45) is 16.7. The molecule has 2 heterocycles. The largest absolute Gasteiger partial charge is 0.384 e. The average molecular weight is 524 g/mol. The van der Waals surface area contributed by atoms with Gasteiger partial charge in [0, 0.05) is 57.7 Å². The van der Waals surface area contributed by atoms with Crippen molar-refractivity contribution in [3.05, 3.63) is 71.0 Å². The van der Waals surface area contributed by atoms with Gasteiger partial charge in [0.15, 0.2) is 0 Å². The van der Waals surface area contributed by atoms with Crippen LogP contribution < -0.4 is 10.6 Å². The van der Waals surface area contributed by atoms with Crippen LogP contribution in [-0.4, -0.2) is 23.1 Å². The van der Waals surface area contributed by atoms with Crippen LogP contribution in [0.1, 0.15) is 64.2 Å². The molecule has 2 N–H and O–H groups in total. The van der Waals surface area contributed by atoms with E-state index in [2.05, 4.69) is 20.6 Å². The Balaban J connectivity index is 0.986. The molecule has 0 spiro atoms. The summed E-state index contributed by atoms with van der Waals surface area (Å²) in [6.45, 7) is 2.00. The van der Waals surface area contributed by atoms with Crippen molar-refractivity contribution >= 4 is 56.4 Å². The fourth-order valence-electron chi connectivity index (χ4n) is 4.66. The third kappa shape index (κ3) is 7.97. The lowest BCUT2D eigenvalue weighted by Crippen LogP contribution is -2.02. The second kappa shape index (κ2) is 14.2. The van der Waals surface area contributed by atoms with Crippen LogP contribution in [0.3, 0.4) is 0 Å². The van der Waals surface area contributed by atoms with Gasteiger partial charge in [-0.15, -0.1) is 0 Å². The van der Waals surface area contributed by atoms with Crippen molar-refractivity contribution in [2.24, 2.45) is 0 Å². The lowest BCUT2D eigenvalue weighted by atomic mass is 10.1. The summed E-state index contributed by atoms with van der Waals surface area (Å²) in [4.78, 5) is 8.82. The van der Waals surface area contributed by atoms with Gasteiger partial charge in [0.05, 0.1) is 11.0 Å². The van der Waals surface area contributed by atoms with Crippen LogP contribution in [0.25, 0.3) is 21.8 Å². The lowest BCUT2D eigenvalue weighted by Gasteiger charge is -2.10. The number of hydrogen-bond donors (Lipinski definition) is 2. The third-order valence-corrected chi connectivity index (χ3v) is 7.11. The molecule has 0 unspecified atom stereocenters. The van der Waals surface area contributed by atoms with Crippen LogP contribution in [0.15, 0.2) is 60.9 Å². The first kappa shape index (κ1) is 26.5. The number of aromatic nitrogens is 2. The molecule has 4 aromatic rings. The number of anilines is 2. The van der Waals surface area contributed by atoms with Crippen molar-refractivity contribution in [3.8, 4) is 0 Å². The zero-order chi connectivity index (χ0) is 25.0. The van der Waals surface area contributed by atoms with Crippen LogP contribution in [0.4, 0.5) is 11.4 Å². The average Bonchev–Trinajstić information content (AvgIpc) is 2.88. The monoisotopic (exact) mass is 522 g/mol. The number of benzene rings is 2. The number of rotatable bonds is 15. The quantitative estimate of drug-likeness (QED) is 0.152. The molecule has 2 aromatic heterocycles. The molecular weight excluding hydrogens is 487 g/mol. The molecule has 0 saturated carbocycles. The molecule has 0 aliphatic heterocycles. The summed E-state index contributed by atoms with van der Waals surface area (Å²) in [5.74, 6) is 0. The predicted molar refractivity (Wildman–Crippen MR) is 157 cm³/mol. The molecule has 36 heavy (non-hydrogen) atoms. The fourth-order valence-corrected chi connectivity index (χ4v) is 4.99. The molecule has 0 aliphatic rings. The van der Waals surface area contributed by atoms with Gasteiger partial charge in [-0.3, -0.25) is 9.97 Å². The van der Waals surface area contributed by atoms with Crippen molar-refractivity contribution in [1.29, 1.82) is 0 Å². The third-order valence-electron chi connectivity index (χ3n) is 6.64. The molecule has 0 fully saturated rings. The minimum Gasteiger partial charge on any atom is -0.384 e. The molecule has 0 radical (unpaired) electrons. The van der Waals surface area contributed by atoms with E-state index in [9.17, 15) is 0 Å². The van der Waals surface area contributed by atoms with E-state index in [1.807, 2.05) is 60.9 Å². The minimum absolute atomic E-state index is 0.727. The molecule has 2 aromatic carbocycles. The Morgan fingerprint density at radius 3 is 1.31 bits per heavy atom. The smallest absolute Gasteiger partial charge is 0.0737 e. The van der Waals surface area contributed by atoms with Crippen molar-refractivity contribution in [1.82, 2.24) is 9.97 Å². The van der Waals surface area contributed by atoms with Crippen molar-refractivity contribution in [2.75, 3.05) is 23.7 Å². The van der Waals surface area contributed by atoms with E-state index in [0.717, 1.165) is 56.3 Å². The first-order chi connectivity index (χ1) is 17.7. The van der Waals surface area contributed by atoms with E-state index >= 15 is 0 Å². The summed E-state index contributed by atoms with van der Waals surface area (Å²) < 4.78 is 0. The highest BCUT2D eigenvalue weighted by molar-refractivity contribution is 6.31. The molecule has 0 saturated heterocycles. The molecule has 0 amide bonds. The Kier molecular flexibility index (Phi) is 10.5. The van der Waals surface area contributed by atoms with Gasteiger partial charge in [0.25, 0.3) is 0 Å². The number of pyridine rings is 2. The Morgan fingerprint density at radius 1 is 0.500 bits per heavy atom. The van der Waals surface area contributed by atoms with Crippen molar-refractivity contribution in [3.63, 3.8) is 0 Å². The van der Waals surface area contributed by atoms with Gasteiger partial charge in [-0.1, -0.05) is 74.6 Å². The van der Waals surface area contributed by atoms with Gasteiger partial charge in [-0.25, -0.2) is 0 Å². The molecule has 0 atom stereocenters. The van der Waals surface area contributed by atoms with E-state index in [-0.39, 0.29) is 0 Å². The summed E-state index contributed by atoms with van der Waals surface area (Å²) in [7, 11) is 0. The number of nitrogens with one attached hydrogen (secondary N) is 2. The number of fused-ring (bicyclic) bond motifs is 2. The van der Waals surface area contributed by atoms with E-state index in [4.69, 9.17) is 23.2 Å². The summed E-state index contributed by atoms with van der Waals surface area (Å²) in [5, 5.41) is 10.9. The molecule has 0 bridgehead atoms. The second-order valence-corrected chi connectivity index (χ2v) is 10.3. The van der Waals surface area contributed by atoms with Crippen LogP contribution >= 0.6 is 23.2 Å². The highest BCUT2D eigenvalue weighted by atomic mass is 35.5. The maximum atomic E-state index is 6.08. The standard InChI is InChI=1S/C30H36Cl2N4/c31-23-11-13-25-27(15-19-35-29(25)21-23)33-17-9-7-5-3-1-2-4-6-8-10-18-34-28-16-20-36-30-22-24(32)12-14-26(28)30/h11-16,19-22H,1-10,17-18H2,(H,33,35)(H,34,36). The van der Waals surface area contributed by atoms with Crippen molar-refractivity contribution < 1.29 is 0 Å². The SMILES string of the molecule is Clc1ccc2c(NCCCCCCCCCCCCNc3ccnc4cc(Cl)ccc34)ccnc2c1. The van der Waals surface area contributed by atoms with Gasteiger partial charge in [-0.2, -0.15) is 0 Å². The summed E-state index contributed by atoms with van der Waals surface area (Å²) in [6, 6.07) is 15.9. The molecule has 0 aliphatic carbocycles. The Labute approximate surface area is 224 Å². The first-order valence-electron chi connectivity index (χ1n) is 13.3. The normalized spacial score (nSPS) is 11.3. The Hall–Kier alpha value is -2.56. The summed E-state index contributed by atoms with van der Waals surface area (Å²) in [5.41, 5.74) is 4.17. The topological polar surface area (TPSA) is 49.8 Å². The van der Waals surface area contributed by atoms with Gasteiger partial charge >= 0.3 is 0 Å². The van der Waals surface area contributed by atoms with E-state index in [0.29, 0.717) is 0 Å². The van der Waals surface area contributed by atoms with Gasteiger partial charge in [0.2, 0.25) is 0 Å². The highest BCUT2D eigenvalue weighted by Crippen LogP contribution is 2.25. The molecule has 190 valence electrons. The van der Waals surface area contributed by atoms with E-state index in [1.165, 1.54) is 64.2 Å². The Morgan fingerprint density at radius 2 is 0.889 bits per heavy atom. The highest BCUT2D eigenvalue weighted by Gasteiger charge is 2.03. The van der Waals surface area contributed by atoms with Gasteiger partial charge < -0.3 is 10.6 Å². The van der Waals surface area contributed by atoms with E-state index in [1.54, 1.807) is 0 Å². The van der Waals surface area contributed by atoms with Crippen LogP contribution in [0, 0.1) is 0 Å². The lowest BCUT2D eigenvalue weighted by molar-refractivity contribution is 0.557. The molecule has 4 nitrogen and oxygen atoms in total. The van der Waals surface area contributed by atoms with Gasteiger partial charge in [0.1, 0.15) is 0 Å². The predicted octanol–water partition coefficient (Wildman–Crippen LogP) is 9.51. The number of nitrogens with zero attached hydrogens (tertiary/aromatic N) is 2. The zero-order valence-electron chi connectivity index (χ0n) is 20.9. The van der Waals surface area contributed by atoms with Crippen LogP contribution in [0.2, 0.25) is 10.0 Å². The molecular formula is C30H36Cl2N4. The summed E-state index contributed by atoms with van der Waals surface area (Å²) >= 11 is 12.2. The maximum Gasteiger partial charge on any atom is 0.0737 e. The number of hydrogen-bond acceptors (Lipinski definition) is 4. The van der Waals surface area contributed by atoms with Crippen molar-refractivity contribution in [2.45, 2.75) is 64.2 Å². The van der Waals surface area contributed by atoms with Gasteiger partial charge in [-0.05, 0) is 61.4 Å². The zero-order valence-corrected chi connectivity index (χ0v) is 22.4. The minimum atomic E-state index is 0.727. The fraction of sp³-hybridized carbons (Fsp3) is 0.400. The number of unbranched alkanes of at least 4 members (excludes halogenated alkanes) is 9. The molecule has 6 heteroatoms. The van der Waals surface area contributed by atoms with Crippen LogP contribution in [-0.2, 0) is 0 Å². The maximum absolute atomic E-state index is 6.08. The Bertz CT molecular complexity index is 1150. The first-order valence-corrected chi connectivity index (χ1v) is 14.0. The molecule has 4 rings (SSSR count). The number of halogens is 2.